The highest BCUT2D eigenvalue weighted by Gasteiger charge is 2.15. The Morgan fingerprint density at radius 2 is 2.16 bits per heavy atom. The molecule has 0 atom stereocenters. The van der Waals surface area contributed by atoms with E-state index in [1.54, 1.807) is 6.07 Å². The molecule has 1 rings (SSSR count). The average Bonchev–Trinajstić information content (AvgIpc) is 2.42. The first-order chi connectivity index (χ1) is 9.05. The van der Waals surface area contributed by atoms with E-state index in [0.29, 0.717) is 17.9 Å². The van der Waals surface area contributed by atoms with E-state index in [0.717, 1.165) is 6.42 Å². The summed E-state index contributed by atoms with van der Waals surface area (Å²) in [4.78, 5) is 0.170. The Morgan fingerprint density at radius 1 is 1.42 bits per heavy atom. The number of hydrogen-bond donors (Lipinski definition) is 2. The molecule has 0 saturated heterocycles. The highest BCUT2D eigenvalue weighted by Crippen LogP contribution is 2.21. The van der Waals surface area contributed by atoms with Crippen molar-refractivity contribution in [3.8, 4) is 17.6 Å². The fourth-order valence-electron chi connectivity index (χ4n) is 1.42. The first-order valence-corrected chi connectivity index (χ1v) is 7.40. The van der Waals surface area contributed by atoms with Gasteiger partial charge in [0, 0.05) is 6.54 Å². The number of methoxy groups -OCH3 is 1. The van der Waals surface area contributed by atoms with Gasteiger partial charge in [-0.3, -0.25) is 0 Å². The predicted molar refractivity (Wildman–Crippen MR) is 74.4 cm³/mol. The smallest absolute Gasteiger partial charge is 0.240 e. The van der Waals surface area contributed by atoms with Gasteiger partial charge in [-0.15, -0.1) is 0 Å². The fraction of sp³-hybridized carbons (Fsp3) is 0.385. The molecule has 0 fully saturated rings. The van der Waals surface area contributed by atoms with Crippen molar-refractivity contribution in [1.29, 1.82) is 0 Å². The Bertz CT molecular complexity index is 586. The van der Waals surface area contributed by atoms with Crippen LogP contribution in [0.4, 0.5) is 0 Å². The molecule has 6 heteroatoms. The monoisotopic (exact) mass is 282 g/mol. The molecule has 0 amide bonds. The lowest BCUT2D eigenvalue weighted by Crippen LogP contribution is -2.24. The van der Waals surface area contributed by atoms with Gasteiger partial charge >= 0.3 is 0 Å². The number of sulfonamides is 1. The van der Waals surface area contributed by atoms with Crippen LogP contribution in [0.2, 0.25) is 0 Å². The molecule has 104 valence electrons. The van der Waals surface area contributed by atoms with Crippen LogP contribution in [0, 0.1) is 11.8 Å². The summed E-state index contributed by atoms with van der Waals surface area (Å²) in [6.45, 7) is 2.50. The Hall–Kier alpha value is -1.55. The van der Waals surface area contributed by atoms with Crippen LogP contribution >= 0.6 is 0 Å². The van der Waals surface area contributed by atoms with E-state index in [4.69, 9.17) is 10.5 Å². The molecule has 3 N–H and O–H groups in total. The van der Waals surface area contributed by atoms with Gasteiger partial charge in [0.15, 0.2) is 0 Å². The summed E-state index contributed by atoms with van der Waals surface area (Å²) in [5.41, 5.74) is 5.82. The second kappa shape index (κ2) is 7.14. The van der Waals surface area contributed by atoms with Gasteiger partial charge in [-0.05, 0) is 24.6 Å². The Labute approximate surface area is 114 Å². The van der Waals surface area contributed by atoms with E-state index in [2.05, 4.69) is 16.6 Å². The Balaban J connectivity index is 3.17. The predicted octanol–water partition coefficient (Wildman–Crippen LogP) is 0.694. The van der Waals surface area contributed by atoms with Crippen molar-refractivity contribution in [2.75, 3.05) is 20.2 Å². The van der Waals surface area contributed by atoms with E-state index >= 15 is 0 Å². The quantitative estimate of drug-likeness (QED) is 0.779. The van der Waals surface area contributed by atoms with Crippen LogP contribution in [0.15, 0.2) is 23.1 Å². The fourth-order valence-corrected chi connectivity index (χ4v) is 2.58. The minimum absolute atomic E-state index is 0.170. The Kier molecular flexibility index (Phi) is 5.83. The van der Waals surface area contributed by atoms with Gasteiger partial charge < -0.3 is 10.5 Å². The molecule has 0 radical (unpaired) electrons. The minimum atomic E-state index is -3.50. The van der Waals surface area contributed by atoms with Crippen LogP contribution in [-0.4, -0.2) is 28.6 Å². The molecule has 0 aliphatic rings. The molecular formula is C13H18N2O3S. The van der Waals surface area contributed by atoms with E-state index in [-0.39, 0.29) is 11.4 Å². The molecule has 0 bridgehead atoms. The largest absolute Gasteiger partial charge is 0.495 e. The number of benzene rings is 1. The van der Waals surface area contributed by atoms with Crippen molar-refractivity contribution >= 4 is 10.0 Å². The van der Waals surface area contributed by atoms with Gasteiger partial charge in [0.2, 0.25) is 10.0 Å². The molecule has 0 aromatic heterocycles. The van der Waals surface area contributed by atoms with Crippen LogP contribution in [-0.2, 0) is 10.0 Å². The maximum atomic E-state index is 12.0. The molecular weight excluding hydrogens is 264 g/mol. The first-order valence-electron chi connectivity index (χ1n) is 5.91. The van der Waals surface area contributed by atoms with Gasteiger partial charge in [-0.2, -0.15) is 0 Å². The van der Waals surface area contributed by atoms with Crippen LogP contribution in [0.5, 0.6) is 5.75 Å². The zero-order valence-electron chi connectivity index (χ0n) is 11.1. The summed E-state index contributed by atoms with van der Waals surface area (Å²) in [7, 11) is -1.99. The molecule has 0 heterocycles. The van der Waals surface area contributed by atoms with E-state index in [1.807, 2.05) is 6.92 Å². The lowest BCUT2D eigenvalue weighted by Gasteiger charge is -2.08. The summed E-state index contributed by atoms with van der Waals surface area (Å²) in [5.74, 6) is 6.01. The zero-order valence-corrected chi connectivity index (χ0v) is 11.9. The number of nitrogens with one attached hydrogen (secondary N) is 1. The topological polar surface area (TPSA) is 81.4 Å². The van der Waals surface area contributed by atoms with Crippen molar-refractivity contribution in [1.82, 2.24) is 4.72 Å². The van der Waals surface area contributed by atoms with E-state index < -0.39 is 10.0 Å². The van der Waals surface area contributed by atoms with Gasteiger partial charge in [0.25, 0.3) is 0 Å². The highest BCUT2D eigenvalue weighted by atomic mass is 32.2. The molecule has 0 spiro atoms. The Morgan fingerprint density at radius 3 is 2.74 bits per heavy atom. The third-order valence-electron chi connectivity index (χ3n) is 2.35. The van der Waals surface area contributed by atoms with E-state index in [9.17, 15) is 8.42 Å². The summed E-state index contributed by atoms with van der Waals surface area (Å²) >= 11 is 0. The standard InChI is InChI=1S/C13H18N2O3S/c1-3-9-15-19(16,17)12-6-7-13(18-2)11(10-12)5-4-8-14/h6-7,10,15H,3,8-9,14H2,1-2H3. The number of nitrogens with two attached hydrogens (primary N) is 1. The van der Waals surface area contributed by atoms with Gasteiger partial charge in [0.05, 0.1) is 24.1 Å². The van der Waals surface area contributed by atoms with Crippen LogP contribution in [0.25, 0.3) is 0 Å². The lowest BCUT2D eigenvalue weighted by atomic mass is 10.2. The molecule has 0 aliphatic heterocycles. The van der Waals surface area contributed by atoms with Crippen LogP contribution in [0.3, 0.4) is 0 Å². The summed E-state index contributed by atoms with van der Waals surface area (Å²) < 4.78 is 31.6. The molecule has 1 aromatic carbocycles. The van der Waals surface area contributed by atoms with Crippen molar-refractivity contribution in [3.63, 3.8) is 0 Å². The summed E-state index contributed by atoms with van der Waals surface area (Å²) in [6.07, 6.45) is 0.731. The number of ether oxygens (including phenoxy) is 1. The normalized spacial score (nSPS) is 10.7. The molecule has 0 saturated carbocycles. The summed E-state index contributed by atoms with van der Waals surface area (Å²) in [6, 6.07) is 4.56. The minimum Gasteiger partial charge on any atom is -0.495 e. The van der Waals surface area contributed by atoms with Gasteiger partial charge in [-0.1, -0.05) is 18.8 Å². The van der Waals surface area contributed by atoms with Crippen LogP contribution in [0.1, 0.15) is 18.9 Å². The van der Waals surface area contributed by atoms with Crippen molar-refractivity contribution in [2.24, 2.45) is 5.73 Å². The summed E-state index contributed by atoms with van der Waals surface area (Å²) in [5, 5.41) is 0. The SMILES string of the molecule is CCCNS(=O)(=O)c1ccc(OC)c(C#CCN)c1. The maximum Gasteiger partial charge on any atom is 0.240 e. The average molecular weight is 282 g/mol. The molecule has 0 aliphatic carbocycles. The van der Waals surface area contributed by atoms with E-state index in [1.165, 1.54) is 19.2 Å². The molecule has 1 aromatic rings. The zero-order chi connectivity index (χ0) is 14.3. The number of hydrogen-bond acceptors (Lipinski definition) is 4. The first kappa shape index (κ1) is 15.5. The third kappa shape index (κ3) is 4.24. The maximum absolute atomic E-state index is 12.0. The van der Waals surface area contributed by atoms with Gasteiger partial charge in [0.1, 0.15) is 5.75 Å². The molecule has 0 unspecified atom stereocenters. The second-order valence-corrected chi connectivity index (χ2v) is 5.53. The second-order valence-electron chi connectivity index (χ2n) is 3.77. The molecule has 5 nitrogen and oxygen atoms in total. The molecule has 19 heavy (non-hydrogen) atoms. The van der Waals surface area contributed by atoms with Crippen molar-refractivity contribution < 1.29 is 13.2 Å². The van der Waals surface area contributed by atoms with Crippen molar-refractivity contribution in [2.45, 2.75) is 18.2 Å². The van der Waals surface area contributed by atoms with Crippen molar-refractivity contribution in [3.05, 3.63) is 23.8 Å². The van der Waals surface area contributed by atoms with Crippen LogP contribution < -0.4 is 15.2 Å². The lowest BCUT2D eigenvalue weighted by molar-refractivity contribution is 0.413. The van der Waals surface area contributed by atoms with Gasteiger partial charge in [-0.25, -0.2) is 13.1 Å². The number of rotatable bonds is 5. The third-order valence-corrected chi connectivity index (χ3v) is 3.81. The highest BCUT2D eigenvalue weighted by molar-refractivity contribution is 7.89.